The molecular formula is C8H15NO3. The lowest BCUT2D eigenvalue weighted by atomic mass is 10.2. The highest BCUT2D eigenvalue weighted by molar-refractivity contribution is 5.66. The Kier molecular flexibility index (Phi) is 6.09. The van der Waals surface area contributed by atoms with Crippen LogP contribution < -0.4 is 5.32 Å². The van der Waals surface area contributed by atoms with Crippen molar-refractivity contribution in [2.75, 3.05) is 13.7 Å². The molecule has 0 bridgehead atoms. The molecule has 1 atom stereocenters. The van der Waals surface area contributed by atoms with Gasteiger partial charge >= 0.3 is 6.09 Å². The van der Waals surface area contributed by atoms with Gasteiger partial charge in [-0.2, -0.15) is 0 Å². The van der Waals surface area contributed by atoms with E-state index in [4.69, 9.17) is 5.11 Å². The van der Waals surface area contributed by atoms with Gasteiger partial charge in [-0.3, -0.25) is 0 Å². The first-order valence-corrected chi connectivity index (χ1v) is 3.83. The number of ether oxygens (including phenoxy) is 1. The second-order valence-electron chi connectivity index (χ2n) is 2.36. The van der Waals surface area contributed by atoms with E-state index in [1.807, 2.05) is 0 Å². The van der Waals surface area contributed by atoms with Crippen LogP contribution in [-0.2, 0) is 4.74 Å². The third-order valence-corrected chi connectivity index (χ3v) is 1.40. The van der Waals surface area contributed by atoms with Gasteiger partial charge in [0.05, 0.1) is 13.2 Å². The Morgan fingerprint density at radius 2 is 2.50 bits per heavy atom. The number of alkyl carbamates (subject to hydrolysis) is 1. The van der Waals surface area contributed by atoms with E-state index in [9.17, 15) is 4.79 Å². The number of hydrogen-bond donors (Lipinski definition) is 2. The van der Waals surface area contributed by atoms with Gasteiger partial charge in [-0.1, -0.05) is 6.08 Å². The molecule has 0 saturated heterocycles. The average molecular weight is 173 g/mol. The zero-order chi connectivity index (χ0) is 9.40. The molecular weight excluding hydrogens is 158 g/mol. The molecule has 0 aliphatic heterocycles. The third kappa shape index (κ3) is 5.73. The number of aliphatic hydroxyl groups excluding tert-OH is 1. The van der Waals surface area contributed by atoms with Gasteiger partial charge < -0.3 is 15.2 Å². The number of nitrogens with one attached hydrogen (secondary N) is 1. The molecule has 0 aromatic rings. The second-order valence-corrected chi connectivity index (χ2v) is 2.36. The van der Waals surface area contributed by atoms with Crippen molar-refractivity contribution in [2.24, 2.45) is 0 Å². The van der Waals surface area contributed by atoms with Gasteiger partial charge in [-0.15, -0.1) is 6.58 Å². The molecule has 0 rings (SSSR count). The van der Waals surface area contributed by atoms with Crippen molar-refractivity contribution in [3.8, 4) is 0 Å². The van der Waals surface area contributed by atoms with Crippen molar-refractivity contribution in [1.29, 1.82) is 0 Å². The van der Waals surface area contributed by atoms with E-state index in [2.05, 4.69) is 16.6 Å². The summed E-state index contributed by atoms with van der Waals surface area (Å²) in [5.41, 5.74) is 0. The number of aliphatic hydroxyl groups is 1. The van der Waals surface area contributed by atoms with Crippen molar-refractivity contribution in [1.82, 2.24) is 5.32 Å². The first kappa shape index (κ1) is 11.0. The van der Waals surface area contributed by atoms with Crippen molar-refractivity contribution >= 4 is 6.09 Å². The molecule has 12 heavy (non-hydrogen) atoms. The van der Waals surface area contributed by atoms with Crippen molar-refractivity contribution < 1.29 is 14.6 Å². The zero-order valence-electron chi connectivity index (χ0n) is 7.25. The molecule has 0 aliphatic rings. The number of carbonyl (C=O) groups excluding carboxylic acids is 1. The summed E-state index contributed by atoms with van der Waals surface area (Å²) in [5.74, 6) is 0. The molecule has 1 amide bonds. The van der Waals surface area contributed by atoms with Crippen molar-refractivity contribution in [3.63, 3.8) is 0 Å². The molecule has 0 aliphatic carbocycles. The third-order valence-electron chi connectivity index (χ3n) is 1.40. The highest BCUT2D eigenvalue weighted by atomic mass is 16.5. The van der Waals surface area contributed by atoms with Gasteiger partial charge in [0.2, 0.25) is 0 Å². The largest absolute Gasteiger partial charge is 0.453 e. The Morgan fingerprint density at radius 1 is 1.83 bits per heavy atom. The van der Waals surface area contributed by atoms with Crippen LogP contribution in [0.25, 0.3) is 0 Å². The predicted molar refractivity (Wildman–Crippen MR) is 45.8 cm³/mol. The summed E-state index contributed by atoms with van der Waals surface area (Å²) in [6.45, 7) is 3.94. The van der Waals surface area contributed by atoms with E-state index in [-0.39, 0.29) is 0 Å². The SMILES string of the molecule is C=CC(O)CCCNC(=O)OC. The number of amides is 1. The van der Waals surface area contributed by atoms with E-state index in [1.54, 1.807) is 0 Å². The van der Waals surface area contributed by atoms with Crippen LogP contribution in [0.2, 0.25) is 0 Å². The maximum absolute atomic E-state index is 10.5. The quantitative estimate of drug-likeness (QED) is 0.474. The van der Waals surface area contributed by atoms with Crippen LogP contribution in [0.5, 0.6) is 0 Å². The number of rotatable bonds is 5. The van der Waals surface area contributed by atoms with Gasteiger partial charge in [-0.25, -0.2) is 4.79 Å². The maximum Gasteiger partial charge on any atom is 0.406 e. The first-order valence-electron chi connectivity index (χ1n) is 3.83. The fourth-order valence-corrected chi connectivity index (χ4v) is 0.692. The Bertz CT molecular complexity index is 147. The van der Waals surface area contributed by atoms with E-state index in [0.29, 0.717) is 19.4 Å². The van der Waals surface area contributed by atoms with Gasteiger partial charge in [0, 0.05) is 6.54 Å². The molecule has 0 heterocycles. The Morgan fingerprint density at radius 3 is 3.00 bits per heavy atom. The van der Waals surface area contributed by atoms with E-state index in [1.165, 1.54) is 13.2 Å². The molecule has 0 spiro atoms. The minimum absolute atomic E-state index is 0.442. The topological polar surface area (TPSA) is 58.6 Å². The lowest BCUT2D eigenvalue weighted by Crippen LogP contribution is -2.24. The van der Waals surface area contributed by atoms with Crippen LogP contribution in [0.3, 0.4) is 0 Å². The molecule has 1 unspecified atom stereocenters. The molecule has 0 fully saturated rings. The van der Waals surface area contributed by atoms with Gasteiger partial charge in [-0.05, 0) is 12.8 Å². The number of hydrogen-bond acceptors (Lipinski definition) is 3. The summed E-state index contributed by atoms with van der Waals surface area (Å²) in [6.07, 6.45) is 1.86. The molecule has 4 nitrogen and oxygen atoms in total. The van der Waals surface area contributed by atoms with Crippen LogP contribution in [0.15, 0.2) is 12.7 Å². The number of methoxy groups -OCH3 is 1. The maximum atomic E-state index is 10.5. The van der Waals surface area contributed by atoms with Crippen LogP contribution in [0, 0.1) is 0 Å². The summed E-state index contributed by atoms with van der Waals surface area (Å²) in [6, 6.07) is 0. The highest BCUT2D eigenvalue weighted by Gasteiger charge is 1.99. The van der Waals surface area contributed by atoms with Crippen LogP contribution in [0.1, 0.15) is 12.8 Å². The molecule has 70 valence electrons. The van der Waals surface area contributed by atoms with Crippen LogP contribution >= 0.6 is 0 Å². The van der Waals surface area contributed by atoms with Gasteiger partial charge in [0.25, 0.3) is 0 Å². The van der Waals surface area contributed by atoms with E-state index >= 15 is 0 Å². The number of carbonyl (C=O) groups is 1. The van der Waals surface area contributed by atoms with E-state index in [0.717, 1.165) is 0 Å². The van der Waals surface area contributed by atoms with Gasteiger partial charge in [0.1, 0.15) is 0 Å². The van der Waals surface area contributed by atoms with Crippen molar-refractivity contribution in [2.45, 2.75) is 18.9 Å². The smallest absolute Gasteiger partial charge is 0.406 e. The Labute approximate surface area is 72.2 Å². The van der Waals surface area contributed by atoms with Crippen LogP contribution in [-0.4, -0.2) is 31.0 Å². The summed E-state index contributed by atoms with van der Waals surface area (Å²) in [4.78, 5) is 10.5. The van der Waals surface area contributed by atoms with Crippen molar-refractivity contribution in [3.05, 3.63) is 12.7 Å². The minimum atomic E-state index is -0.482. The molecule has 0 aromatic carbocycles. The molecule has 4 heteroatoms. The fraction of sp³-hybridized carbons (Fsp3) is 0.625. The Balaban J connectivity index is 3.21. The molecule has 2 N–H and O–H groups in total. The van der Waals surface area contributed by atoms with Crippen LogP contribution in [0.4, 0.5) is 4.79 Å². The summed E-state index contributed by atoms with van der Waals surface area (Å²) < 4.78 is 4.35. The fourth-order valence-electron chi connectivity index (χ4n) is 0.692. The normalized spacial score (nSPS) is 11.8. The standard InChI is InChI=1S/C8H15NO3/c1-3-7(10)5-4-6-9-8(11)12-2/h3,7,10H,1,4-6H2,2H3,(H,9,11). The lowest BCUT2D eigenvalue weighted by Gasteiger charge is -2.05. The molecule has 0 radical (unpaired) electrons. The minimum Gasteiger partial charge on any atom is -0.453 e. The monoisotopic (exact) mass is 173 g/mol. The Hall–Kier alpha value is -1.03. The molecule has 0 saturated carbocycles. The highest BCUT2D eigenvalue weighted by Crippen LogP contribution is 1.95. The second kappa shape index (κ2) is 6.67. The summed E-state index contributed by atoms with van der Waals surface area (Å²) >= 11 is 0. The average Bonchev–Trinajstić information content (AvgIpc) is 2.11. The lowest BCUT2D eigenvalue weighted by molar-refractivity contribution is 0.169. The molecule has 0 aromatic heterocycles. The van der Waals surface area contributed by atoms with E-state index < -0.39 is 12.2 Å². The first-order chi connectivity index (χ1) is 5.70. The van der Waals surface area contributed by atoms with Gasteiger partial charge in [0.15, 0.2) is 0 Å². The summed E-state index contributed by atoms with van der Waals surface area (Å²) in [5, 5.41) is 11.5. The predicted octanol–water partition coefficient (Wildman–Crippen LogP) is 0.669. The zero-order valence-corrected chi connectivity index (χ0v) is 7.25. The summed E-state index contributed by atoms with van der Waals surface area (Å²) in [7, 11) is 1.31.